The van der Waals surface area contributed by atoms with Crippen molar-refractivity contribution in [2.75, 3.05) is 0 Å². The third kappa shape index (κ3) is 3.23. The molecular formula is C9H14F3N2O+. The van der Waals surface area contributed by atoms with E-state index in [1.54, 1.807) is 0 Å². The molecular weight excluding hydrogens is 209 g/mol. The van der Waals surface area contributed by atoms with E-state index in [1.165, 1.54) is 7.05 Å². The van der Waals surface area contributed by atoms with Gasteiger partial charge in [0.15, 0.2) is 7.05 Å². The van der Waals surface area contributed by atoms with E-state index in [1.807, 2.05) is 13.8 Å². The fraction of sp³-hybridized carbons (Fsp3) is 0.667. The van der Waals surface area contributed by atoms with Crippen LogP contribution in [0.15, 0.2) is 6.07 Å². The molecule has 15 heavy (non-hydrogen) atoms. The second kappa shape index (κ2) is 4.22. The Morgan fingerprint density at radius 3 is 2.47 bits per heavy atom. The summed E-state index contributed by atoms with van der Waals surface area (Å²) in [6, 6.07) is 1.06. The minimum absolute atomic E-state index is 0.00653. The summed E-state index contributed by atoms with van der Waals surface area (Å²) in [4.78, 5) is 0. The van der Waals surface area contributed by atoms with Crippen molar-refractivity contribution >= 4 is 0 Å². The predicted molar refractivity (Wildman–Crippen MR) is 46.9 cm³/mol. The summed E-state index contributed by atoms with van der Waals surface area (Å²) >= 11 is 0. The van der Waals surface area contributed by atoms with Crippen molar-refractivity contribution in [2.24, 2.45) is 7.05 Å². The first-order chi connectivity index (χ1) is 6.80. The Labute approximate surface area is 85.8 Å². The van der Waals surface area contributed by atoms with Gasteiger partial charge in [-0.05, 0) is 13.8 Å². The van der Waals surface area contributed by atoms with E-state index in [2.05, 4.69) is 5.10 Å². The Balaban J connectivity index is 2.78. The van der Waals surface area contributed by atoms with Crippen LogP contribution in [0.5, 0.6) is 0 Å². The van der Waals surface area contributed by atoms with Crippen LogP contribution in [-0.4, -0.2) is 11.2 Å². The topological polar surface area (TPSA) is 28.9 Å². The molecule has 0 bridgehead atoms. The van der Waals surface area contributed by atoms with E-state index < -0.39 is 11.9 Å². The van der Waals surface area contributed by atoms with Crippen LogP contribution in [0.25, 0.3) is 0 Å². The molecule has 0 radical (unpaired) electrons. The lowest BCUT2D eigenvalue weighted by Gasteiger charge is -2.03. The molecule has 0 spiro atoms. The molecule has 1 heterocycles. The SMILES string of the molecule is CC(C)OCc1cc(C(F)(F)F)[n+](C)[nH]1. The normalized spacial score (nSPS) is 12.5. The van der Waals surface area contributed by atoms with Crippen molar-refractivity contribution in [2.45, 2.75) is 32.7 Å². The van der Waals surface area contributed by atoms with Gasteiger partial charge in [-0.15, -0.1) is 4.68 Å². The maximum atomic E-state index is 12.4. The molecule has 0 atom stereocenters. The van der Waals surface area contributed by atoms with Gasteiger partial charge in [-0.3, -0.25) is 0 Å². The van der Waals surface area contributed by atoms with Gasteiger partial charge in [-0.25, -0.2) is 0 Å². The molecule has 3 nitrogen and oxygen atoms in total. The molecule has 1 rings (SSSR count). The number of hydrogen-bond donors (Lipinski definition) is 1. The van der Waals surface area contributed by atoms with Crippen LogP contribution in [0.3, 0.4) is 0 Å². The highest BCUT2D eigenvalue weighted by Crippen LogP contribution is 2.26. The number of aromatic amines is 1. The molecule has 0 aliphatic carbocycles. The number of hydrogen-bond acceptors (Lipinski definition) is 1. The highest BCUT2D eigenvalue weighted by Gasteiger charge is 2.41. The van der Waals surface area contributed by atoms with Gasteiger partial charge in [0.25, 0.3) is 0 Å². The standard InChI is InChI=1S/C9H13F3N2O/c1-6(2)15-5-7-4-8(9(10,11)12)14(3)13-7/h4,6H,5H2,1-3H3/p+1. The zero-order valence-corrected chi connectivity index (χ0v) is 8.85. The minimum atomic E-state index is -4.33. The maximum absolute atomic E-state index is 12.4. The minimum Gasteiger partial charge on any atom is -0.372 e. The first-order valence-corrected chi connectivity index (χ1v) is 4.57. The van der Waals surface area contributed by atoms with Gasteiger partial charge >= 0.3 is 11.9 Å². The zero-order valence-electron chi connectivity index (χ0n) is 8.85. The Hall–Kier alpha value is -1.04. The smallest absolute Gasteiger partial charge is 0.372 e. The maximum Gasteiger partial charge on any atom is 0.479 e. The van der Waals surface area contributed by atoms with Crippen molar-refractivity contribution in [3.05, 3.63) is 17.5 Å². The number of halogens is 3. The Morgan fingerprint density at radius 1 is 1.47 bits per heavy atom. The average molecular weight is 223 g/mol. The van der Waals surface area contributed by atoms with E-state index in [-0.39, 0.29) is 12.7 Å². The van der Waals surface area contributed by atoms with Crippen molar-refractivity contribution in [1.82, 2.24) is 5.10 Å². The highest BCUT2D eigenvalue weighted by atomic mass is 19.4. The number of ether oxygens (including phenoxy) is 1. The molecule has 1 aromatic heterocycles. The molecule has 0 aliphatic heterocycles. The number of H-pyrrole nitrogens is 1. The van der Waals surface area contributed by atoms with E-state index in [9.17, 15) is 13.2 Å². The van der Waals surface area contributed by atoms with Gasteiger partial charge in [0.2, 0.25) is 0 Å². The zero-order chi connectivity index (χ0) is 11.6. The largest absolute Gasteiger partial charge is 0.479 e. The number of aromatic nitrogens is 2. The van der Waals surface area contributed by atoms with Crippen LogP contribution >= 0.6 is 0 Å². The Kier molecular flexibility index (Phi) is 3.38. The van der Waals surface area contributed by atoms with E-state index >= 15 is 0 Å². The molecule has 0 amide bonds. The Morgan fingerprint density at radius 2 is 2.07 bits per heavy atom. The van der Waals surface area contributed by atoms with Crippen LogP contribution in [0, 0.1) is 0 Å². The number of nitrogens with one attached hydrogen (secondary N) is 1. The van der Waals surface area contributed by atoms with E-state index in [0.717, 1.165) is 10.7 Å². The van der Waals surface area contributed by atoms with Gasteiger partial charge in [-0.2, -0.15) is 18.3 Å². The molecule has 1 N–H and O–H groups in total. The summed E-state index contributed by atoms with van der Waals surface area (Å²) in [5, 5.41) is 2.58. The molecule has 6 heteroatoms. The molecule has 0 aromatic carbocycles. The summed E-state index contributed by atoms with van der Waals surface area (Å²) in [6.07, 6.45) is -4.34. The lowest BCUT2D eigenvalue weighted by Crippen LogP contribution is -2.38. The number of rotatable bonds is 3. The number of aryl methyl sites for hydroxylation is 1. The predicted octanol–water partition coefficient (Wildman–Crippen LogP) is 1.78. The number of nitrogens with zero attached hydrogens (tertiary/aromatic N) is 1. The van der Waals surface area contributed by atoms with Crippen molar-refractivity contribution in [3.8, 4) is 0 Å². The molecule has 0 aliphatic rings. The van der Waals surface area contributed by atoms with Crippen molar-refractivity contribution in [1.29, 1.82) is 0 Å². The highest BCUT2D eigenvalue weighted by molar-refractivity contribution is 5.05. The van der Waals surface area contributed by atoms with Crippen molar-refractivity contribution < 1.29 is 22.6 Å². The van der Waals surface area contributed by atoms with Crippen LogP contribution in [0.4, 0.5) is 13.2 Å². The lowest BCUT2D eigenvalue weighted by atomic mass is 10.3. The summed E-state index contributed by atoms with van der Waals surface area (Å²) in [6.45, 7) is 3.81. The monoisotopic (exact) mass is 223 g/mol. The molecule has 86 valence electrons. The van der Waals surface area contributed by atoms with Gasteiger partial charge in [0.05, 0.1) is 12.7 Å². The van der Waals surface area contributed by atoms with Crippen LogP contribution < -0.4 is 4.68 Å². The summed E-state index contributed by atoms with van der Waals surface area (Å²) in [7, 11) is 1.32. The first kappa shape index (κ1) is 12.0. The average Bonchev–Trinajstić information content (AvgIpc) is 2.42. The molecule has 0 unspecified atom stereocenters. The fourth-order valence-electron chi connectivity index (χ4n) is 1.17. The quantitative estimate of drug-likeness (QED) is 0.777. The van der Waals surface area contributed by atoms with E-state index in [4.69, 9.17) is 4.74 Å². The van der Waals surface area contributed by atoms with Crippen LogP contribution in [0.1, 0.15) is 25.2 Å². The third-order valence-corrected chi connectivity index (χ3v) is 1.85. The van der Waals surface area contributed by atoms with Gasteiger partial charge in [0, 0.05) is 6.07 Å². The Bertz CT molecular complexity index is 331. The third-order valence-electron chi connectivity index (χ3n) is 1.85. The van der Waals surface area contributed by atoms with Crippen LogP contribution in [-0.2, 0) is 24.6 Å². The van der Waals surface area contributed by atoms with Gasteiger partial charge in [-0.1, -0.05) is 0 Å². The number of alkyl halides is 3. The second-order valence-electron chi connectivity index (χ2n) is 3.58. The van der Waals surface area contributed by atoms with Crippen molar-refractivity contribution in [3.63, 3.8) is 0 Å². The van der Waals surface area contributed by atoms with Crippen LogP contribution in [0.2, 0.25) is 0 Å². The van der Waals surface area contributed by atoms with E-state index in [0.29, 0.717) is 5.69 Å². The lowest BCUT2D eigenvalue weighted by molar-refractivity contribution is -0.743. The molecule has 0 saturated heterocycles. The molecule has 0 fully saturated rings. The van der Waals surface area contributed by atoms with Gasteiger partial charge in [0.1, 0.15) is 5.69 Å². The first-order valence-electron chi connectivity index (χ1n) is 4.57. The van der Waals surface area contributed by atoms with Gasteiger partial charge < -0.3 is 4.74 Å². The molecule has 1 aromatic rings. The fourth-order valence-corrected chi connectivity index (χ4v) is 1.17. The second-order valence-corrected chi connectivity index (χ2v) is 3.58. The summed E-state index contributed by atoms with van der Waals surface area (Å²) in [5.74, 6) is 0. The molecule has 0 saturated carbocycles. The summed E-state index contributed by atoms with van der Waals surface area (Å²) < 4.78 is 43.3. The summed E-state index contributed by atoms with van der Waals surface area (Å²) in [5.41, 5.74) is -0.289.